The number of piperidine rings is 1. The summed E-state index contributed by atoms with van der Waals surface area (Å²) in [5.41, 5.74) is 0.518. The van der Waals surface area contributed by atoms with Gasteiger partial charge in [0.1, 0.15) is 0 Å². The van der Waals surface area contributed by atoms with Gasteiger partial charge in [0.15, 0.2) is 0 Å². The van der Waals surface area contributed by atoms with Crippen molar-refractivity contribution in [2.75, 3.05) is 26.7 Å². The molecule has 1 N–H and O–H groups in total. The minimum Gasteiger partial charge on any atom is -0.316 e. The van der Waals surface area contributed by atoms with Gasteiger partial charge in [-0.1, -0.05) is 26.2 Å². The molecule has 2 rings (SSSR count). The van der Waals surface area contributed by atoms with Crippen molar-refractivity contribution in [3.05, 3.63) is 0 Å². The van der Waals surface area contributed by atoms with E-state index in [2.05, 4.69) is 24.2 Å². The molecule has 16 heavy (non-hydrogen) atoms. The summed E-state index contributed by atoms with van der Waals surface area (Å²) < 4.78 is 0. The van der Waals surface area contributed by atoms with E-state index in [4.69, 9.17) is 0 Å². The number of hydrogen-bond acceptors (Lipinski definition) is 2. The van der Waals surface area contributed by atoms with Crippen LogP contribution in [0.1, 0.15) is 51.9 Å². The molecule has 94 valence electrons. The van der Waals surface area contributed by atoms with E-state index in [1.165, 1.54) is 64.6 Å². The van der Waals surface area contributed by atoms with E-state index in [1.54, 1.807) is 0 Å². The van der Waals surface area contributed by atoms with Crippen LogP contribution in [0.2, 0.25) is 0 Å². The first-order valence-electron chi connectivity index (χ1n) is 7.11. The number of nitrogens with one attached hydrogen (secondary N) is 1. The van der Waals surface area contributed by atoms with Crippen molar-refractivity contribution in [1.29, 1.82) is 0 Å². The minimum atomic E-state index is 0.518. The van der Waals surface area contributed by atoms with Crippen molar-refractivity contribution in [3.63, 3.8) is 0 Å². The zero-order valence-electron chi connectivity index (χ0n) is 11.1. The fourth-order valence-electron chi connectivity index (χ4n) is 3.51. The average Bonchev–Trinajstić information content (AvgIpc) is 2.30. The number of nitrogens with zero attached hydrogens (tertiary/aromatic N) is 1. The molecule has 2 nitrogen and oxygen atoms in total. The maximum absolute atomic E-state index is 3.56. The number of hydrogen-bond donors (Lipinski definition) is 1. The Kier molecular flexibility index (Phi) is 4.26. The normalized spacial score (nSPS) is 33.2. The third kappa shape index (κ3) is 3.21. The molecule has 1 aliphatic carbocycles. The molecule has 1 atom stereocenters. The summed E-state index contributed by atoms with van der Waals surface area (Å²) in [6.45, 7) is 6.18. The molecule has 0 spiro atoms. The fourth-order valence-corrected chi connectivity index (χ4v) is 3.51. The van der Waals surface area contributed by atoms with Gasteiger partial charge in [0.25, 0.3) is 0 Å². The van der Waals surface area contributed by atoms with Gasteiger partial charge >= 0.3 is 0 Å². The summed E-state index contributed by atoms with van der Waals surface area (Å²) in [5.74, 6) is 0. The van der Waals surface area contributed by atoms with Crippen LogP contribution in [0.5, 0.6) is 0 Å². The van der Waals surface area contributed by atoms with Crippen molar-refractivity contribution in [3.8, 4) is 0 Å². The van der Waals surface area contributed by atoms with Crippen LogP contribution in [0.25, 0.3) is 0 Å². The van der Waals surface area contributed by atoms with Gasteiger partial charge in [0, 0.05) is 19.1 Å². The second-order valence-corrected chi connectivity index (χ2v) is 6.30. The second-order valence-electron chi connectivity index (χ2n) is 6.30. The standard InChI is InChI=1S/C14H28N2/c1-14(9-6-10-15-11-14)12-16(2)13-7-4-3-5-8-13/h13,15H,3-12H2,1-2H3. The lowest BCUT2D eigenvalue weighted by Crippen LogP contribution is -2.47. The molecule has 0 bridgehead atoms. The van der Waals surface area contributed by atoms with Gasteiger partial charge in [-0.15, -0.1) is 0 Å². The highest BCUT2D eigenvalue weighted by molar-refractivity contribution is 4.86. The van der Waals surface area contributed by atoms with Crippen LogP contribution in [0.3, 0.4) is 0 Å². The molecule has 0 aromatic heterocycles. The third-order valence-electron chi connectivity index (χ3n) is 4.51. The zero-order chi connectivity index (χ0) is 11.4. The first kappa shape index (κ1) is 12.4. The Morgan fingerprint density at radius 2 is 1.94 bits per heavy atom. The van der Waals surface area contributed by atoms with Crippen LogP contribution in [0.4, 0.5) is 0 Å². The first-order valence-corrected chi connectivity index (χ1v) is 7.11. The third-order valence-corrected chi connectivity index (χ3v) is 4.51. The van der Waals surface area contributed by atoms with Crippen molar-refractivity contribution >= 4 is 0 Å². The van der Waals surface area contributed by atoms with Crippen LogP contribution in [0, 0.1) is 5.41 Å². The van der Waals surface area contributed by atoms with Gasteiger partial charge in [-0.05, 0) is 44.7 Å². The predicted molar refractivity (Wildman–Crippen MR) is 69.7 cm³/mol. The smallest absolute Gasteiger partial charge is 0.00924 e. The summed E-state index contributed by atoms with van der Waals surface area (Å²) in [7, 11) is 2.34. The quantitative estimate of drug-likeness (QED) is 0.793. The van der Waals surface area contributed by atoms with E-state index in [9.17, 15) is 0 Å². The van der Waals surface area contributed by atoms with Crippen molar-refractivity contribution in [1.82, 2.24) is 10.2 Å². The van der Waals surface area contributed by atoms with Gasteiger partial charge in [-0.25, -0.2) is 0 Å². The zero-order valence-corrected chi connectivity index (χ0v) is 11.1. The van der Waals surface area contributed by atoms with Crippen molar-refractivity contribution < 1.29 is 0 Å². The highest BCUT2D eigenvalue weighted by atomic mass is 15.1. The van der Waals surface area contributed by atoms with E-state index in [-0.39, 0.29) is 0 Å². The highest BCUT2D eigenvalue weighted by Gasteiger charge is 2.30. The van der Waals surface area contributed by atoms with Gasteiger partial charge in [0.2, 0.25) is 0 Å². The Labute approximate surface area is 101 Å². The lowest BCUT2D eigenvalue weighted by atomic mass is 9.81. The molecular formula is C14H28N2. The molecule has 0 radical (unpaired) electrons. The minimum absolute atomic E-state index is 0.518. The largest absolute Gasteiger partial charge is 0.316 e. The van der Waals surface area contributed by atoms with E-state index >= 15 is 0 Å². The topological polar surface area (TPSA) is 15.3 Å². The van der Waals surface area contributed by atoms with Crippen LogP contribution in [0.15, 0.2) is 0 Å². The Balaban J connectivity index is 1.82. The van der Waals surface area contributed by atoms with Gasteiger partial charge < -0.3 is 10.2 Å². The van der Waals surface area contributed by atoms with E-state index < -0.39 is 0 Å². The lowest BCUT2D eigenvalue weighted by Gasteiger charge is -2.41. The van der Waals surface area contributed by atoms with Crippen LogP contribution in [-0.2, 0) is 0 Å². The van der Waals surface area contributed by atoms with Crippen LogP contribution < -0.4 is 5.32 Å². The fraction of sp³-hybridized carbons (Fsp3) is 1.00. The molecule has 1 heterocycles. The molecule has 2 aliphatic rings. The molecule has 0 aromatic rings. The molecule has 0 amide bonds. The molecule has 1 aliphatic heterocycles. The van der Waals surface area contributed by atoms with E-state index in [0.717, 1.165) is 6.04 Å². The molecule has 1 unspecified atom stereocenters. The van der Waals surface area contributed by atoms with Gasteiger partial charge in [-0.3, -0.25) is 0 Å². The molecule has 1 saturated heterocycles. The Bertz CT molecular complexity index is 203. The number of rotatable bonds is 3. The van der Waals surface area contributed by atoms with E-state index in [1.807, 2.05) is 0 Å². The monoisotopic (exact) mass is 224 g/mol. The van der Waals surface area contributed by atoms with Gasteiger partial charge in [-0.2, -0.15) is 0 Å². The van der Waals surface area contributed by atoms with Crippen molar-refractivity contribution in [2.45, 2.75) is 57.9 Å². The molecular weight excluding hydrogens is 196 g/mol. The SMILES string of the molecule is CN(CC1(C)CCCNC1)C1CCCCC1. The van der Waals surface area contributed by atoms with Crippen LogP contribution in [-0.4, -0.2) is 37.6 Å². The maximum atomic E-state index is 3.56. The Hall–Kier alpha value is -0.0800. The lowest BCUT2D eigenvalue weighted by molar-refractivity contribution is 0.103. The van der Waals surface area contributed by atoms with Gasteiger partial charge in [0.05, 0.1) is 0 Å². The molecule has 2 heteroatoms. The summed E-state index contributed by atoms with van der Waals surface area (Å²) in [5, 5.41) is 3.56. The highest BCUT2D eigenvalue weighted by Crippen LogP contribution is 2.29. The van der Waals surface area contributed by atoms with Crippen LogP contribution >= 0.6 is 0 Å². The average molecular weight is 224 g/mol. The van der Waals surface area contributed by atoms with E-state index in [0.29, 0.717) is 5.41 Å². The Morgan fingerprint density at radius 3 is 2.56 bits per heavy atom. The summed E-state index contributed by atoms with van der Waals surface area (Å²) in [6.07, 6.45) is 9.98. The van der Waals surface area contributed by atoms with Crippen molar-refractivity contribution in [2.24, 2.45) is 5.41 Å². The summed E-state index contributed by atoms with van der Waals surface area (Å²) in [6, 6.07) is 0.868. The summed E-state index contributed by atoms with van der Waals surface area (Å²) in [4.78, 5) is 2.64. The second kappa shape index (κ2) is 5.50. The molecule has 1 saturated carbocycles. The predicted octanol–water partition coefficient (Wildman–Crippen LogP) is 2.64. The first-order chi connectivity index (χ1) is 7.70. The molecule has 0 aromatic carbocycles. The maximum Gasteiger partial charge on any atom is 0.00924 e. The Morgan fingerprint density at radius 1 is 1.19 bits per heavy atom. The summed E-state index contributed by atoms with van der Waals surface area (Å²) >= 11 is 0. The molecule has 2 fully saturated rings.